The largest absolute Gasteiger partial charge is 0.324 e. The van der Waals surface area contributed by atoms with Gasteiger partial charge in [0.2, 0.25) is 5.95 Å². The van der Waals surface area contributed by atoms with Gasteiger partial charge in [-0.1, -0.05) is 12.1 Å². The van der Waals surface area contributed by atoms with Crippen molar-refractivity contribution in [2.24, 2.45) is 0 Å². The van der Waals surface area contributed by atoms with E-state index in [1.807, 2.05) is 24.3 Å². The molecule has 134 valence electrons. The summed E-state index contributed by atoms with van der Waals surface area (Å²) >= 11 is 0. The Kier molecular flexibility index (Phi) is 4.21. The van der Waals surface area contributed by atoms with E-state index in [-0.39, 0.29) is 5.56 Å². The molecule has 1 unspecified atom stereocenters. The lowest BCUT2D eigenvalue weighted by atomic mass is 10.2. The summed E-state index contributed by atoms with van der Waals surface area (Å²) in [5.41, 5.74) is 2.59. The van der Waals surface area contributed by atoms with Crippen LogP contribution in [0.25, 0.3) is 22.3 Å². The number of amides is 1. The van der Waals surface area contributed by atoms with Crippen LogP contribution < -0.4 is 10.9 Å². The van der Waals surface area contributed by atoms with Crippen LogP contribution in [-0.4, -0.2) is 30.6 Å². The molecule has 1 amide bonds. The molecule has 0 saturated heterocycles. The van der Waals surface area contributed by atoms with Gasteiger partial charge in [0.05, 0.1) is 16.7 Å². The van der Waals surface area contributed by atoms with Gasteiger partial charge in [-0.15, -0.1) is 0 Å². The zero-order valence-corrected chi connectivity index (χ0v) is 14.5. The van der Waals surface area contributed by atoms with Gasteiger partial charge in [-0.05, 0) is 37.3 Å². The summed E-state index contributed by atoms with van der Waals surface area (Å²) in [6.07, 6.45) is 3.29. The third-order valence-electron chi connectivity index (χ3n) is 4.18. The standard InChI is InChI=1S/C19H16N6O2/c1-12(18(27)23-19-21-15-4-2-3-5-16(15)22-19)25-17(26)7-6-14(24-25)13-8-10-20-11-9-13/h2-12H,1H3,(H2,21,22,23,27). The Balaban J connectivity index is 1.60. The zero-order valence-electron chi connectivity index (χ0n) is 14.5. The summed E-state index contributed by atoms with van der Waals surface area (Å²) in [5, 5.41) is 7.03. The highest BCUT2D eigenvalue weighted by Gasteiger charge is 2.19. The van der Waals surface area contributed by atoms with Crippen LogP contribution in [0.4, 0.5) is 5.95 Å². The van der Waals surface area contributed by atoms with Crippen molar-refractivity contribution >= 4 is 22.9 Å². The normalized spacial score (nSPS) is 12.0. The average Bonchev–Trinajstić information content (AvgIpc) is 3.10. The van der Waals surface area contributed by atoms with Crippen LogP contribution in [0, 0.1) is 0 Å². The second-order valence-electron chi connectivity index (χ2n) is 6.01. The molecule has 2 N–H and O–H groups in total. The molecule has 1 atom stereocenters. The van der Waals surface area contributed by atoms with Crippen LogP contribution in [0.2, 0.25) is 0 Å². The number of nitrogens with zero attached hydrogens (tertiary/aromatic N) is 4. The number of aromatic amines is 1. The third kappa shape index (κ3) is 3.32. The van der Waals surface area contributed by atoms with E-state index in [0.717, 1.165) is 21.3 Å². The Morgan fingerprint density at radius 2 is 1.89 bits per heavy atom. The van der Waals surface area contributed by atoms with Gasteiger partial charge in [0.25, 0.3) is 11.5 Å². The van der Waals surface area contributed by atoms with Crippen LogP contribution in [-0.2, 0) is 4.79 Å². The lowest BCUT2D eigenvalue weighted by Gasteiger charge is -2.14. The van der Waals surface area contributed by atoms with E-state index in [0.29, 0.717) is 11.6 Å². The van der Waals surface area contributed by atoms with Gasteiger partial charge in [0.1, 0.15) is 6.04 Å². The fraction of sp³-hybridized carbons (Fsp3) is 0.105. The number of rotatable bonds is 4. The third-order valence-corrected chi connectivity index (χ3v) is 4.18. The SMILES string of the molecule is CC(C(=O)Nc1nc2ccccc2[nH]1)n1nc(-c2ccncc2)ccc1=O. The molecular weight excluding hydrogens is 344 g/mol. The van der Waals surface area contributed by atoms with Crippen molar-refractivity contribution in [2.75, 3.05) is 5.32 Å². The van der Waals surface area contributed by atoms with E-state index >= 15 is 0 Å². The minimum Gasteiger partial charge on any atom is -0.324 e. The first-order valence-corrected chi connectivity index (χ1v) is 8.38. The second-order valence-corrected chi connectivity index (χ2v) is 6.01. The summed E-state index contributed by atoms with van der Waals surface area (Å²) in [4.78, 5) is 36.1. The summed E-state index contributed by atoms with van der Waals surface area (Å²) in [6, 6.07) is 13.2. The fourth-order valence-electron chi connectivity index (χ4n) is 2.72. The summed E-state index contributed by atoms with van der Waals surface area (Å²) in [6.45, 7) is 1.61. The Morgan fingerprint density at radius 1 is 1.11 bits per heavy atom. The number of carbonyl (C=O) groups excluding carboxylic acids is 1. The molecule has 0 aliphatic carbocycles. The minimum absolute atomic E-state index is 0.325. The van der Waals surface area contributed by atoms with Gasteiger partial charge < -0.3 is 4.98 Å². The molecule has 0 aliphatic heterocycles. The van der Waals surface area contributed by atoms with Gasteiger partial charge in [-0.25, -0.2) is 9.67 Å². The highest BCUT2D eigenvalue weighted by molar-refractivity contribution is 5.93. The van der Waals surface area contributed by atoms with E-state index in [9.17, 15) is 9.59 Å². The zero-order chi connectivity index (χ0) is 18.8. The molecular formula is C19H16N6O2. The minimum atomic E-state index is -0.813. The lowest BCUT2D eigenvalue weighted by molar-refractivity contribution is -0.119. The van der Waals surface area contributed by atoms with Crippen LogP contribution >= 0.6 is 0 Å². The molecule has 3 aromatic heterocycles. The van der Waals surface area contributed by atoms with E-state index in [1.165, 1.54) is 6.07 Å². The molecule has 27 heavy (non-hydrogen) atoms. The van der Waals surface area contributed by atoms with Crippen LogP contribution in [0.3, 0.4) is 0 Å². The molecule has 4 rings (SSSR count). The number of hydrogen-bond acceptors (Lipinski definition) is 5. The number of carbonyl (C=O) groups is 1. The van der Waals surface area contributed by atoms with E-state index < -0.39 is 11.9 Å². The Hall–Kier alpha value is -3.81. The number of hydrogen-bond donors (Lipinski definition) is 2. The molecule has 8 nitrogen and oxygen atoms in total. The number of anilines is 1. The van der Waals surface area contributed by atoms with Crippen LogP contribution in [0.5, 0.6) is 0 Å². The molecule has 0 saturated carbocycles. The van der Waals surface area contributed by atoms with Crippen molar-refractivity contribution in [2.45, 2.75) is 13.0 Å². The summed E-state index contributed by atoms with van der Waals surface area (Å²) in [7, 11) is 0. The first kappa shape index (κ1) is 16.6. The van der Waals surface area contributed by atoms with Crippen LogP contribution in [0.1, 0.15) is 13.0 Å². The first-order valence-electron chi connectivity index (χ1n) is 8.38. The van der Waals surface area contributed by atoms with Crippen molar-refractivity contribution in [3.8, 4) is 11.3 Å². The quantitative estimate of drug-likeness (QED) is 0.581. The number of nitrogens with one attached hydrogen (secondary N) is 2. The van der Waals surface area contributed by atoms with Crippen LogP contribution in [0.15, 0.2) is 65.7 Å². The molecule has 3 heterocycles. The Labute approximate surface area is 153 Å². The van der Waals surface area contributed by atoms with Gasteiger partial charge in [-0.2, -0.15) is 5.10 Å². The lowest BCUT2D eigenvalue weighted by Crippen LogP contribution is -2.33. The van der Waals surface area contributed by atoms with E-state index in [1.54, 1.807) is 37.5 Å². The predicted molar refractivity (Wildman–Crippen MR) is 101 cm³/mol. The van der Waals surface area contributed by atoms with Crippen molar-refractivity contribution in [3.63, 3.8) is 0 Å². The van der Waals surface area contributed by atoms with Gasteiger partial charge >= 0.3 is 0 Å². The summed E-state index contributed by atoms with van der Waals surface area (Å²) < 4.78 is 1.16. The topological polar surface area (TPSA) is 106 Å². The van der Waals surface area contributed by atoms with Gasteiger partial charge in [0.15, 0.2) is 0 Å². The van der Waals surface area contributed by atoms with Crippen molar-refractivity contribution in [3.05, 3.63) is 71.3 Å². The highest BCUT2D eigenvalue weighted by atomic mass is 16.2. The number of pyridine rings is 1. The number of aromatic nitrogens is 5. The number of imidazole rings is 1. The van der Waals surface area contributed by atoms with Crippen molar-refractivity contribution in [1.82, 2.24) is 24.7 Å². The number of fused-ring (bicyclic) bond motifs is 1. The monoisotopic (exact) mass is 360 g/mol. The summed E-state index contributed by atoms with van der Waals surface area (Å²) in [5.74, 6) is -0.0677. The number of H-pyrrole nitrogens is 1. The first-order chi connectivity index (χ1) is 13.1. The molecule has 0 aliphatic rings. The van der Waals surface area contributed by atoms with Crippen molar-refractivity contribution < 1.29 is 4.79 Å². The molecule has 0 fully saturated rings. The molecule has 0 radical (unpaired) electrons. The van der Waals surface area contributed by atoms with E-state index in [4.69, 9.17) is 0 Å². The van der Waals surface area contributed by atoms with Gasteiger partial charge in [0, 0.05) is 24.0 Å². The maximum atomic E-state index is 12.6. The highest BCUT2D eigenvalue weighted by Crippen LogP contribution is 2.16. The van der Waals surface area contributed by atoms with Gasteiger partial charge in [-0.3, -0.25) is 19.9 Å². The molecule has 1 aromatic carbocycles. The predicted octanol–water partition coefficient (Wildman–Crippen LogP) is 2.38. The number of para-hydroxylation sites is 2. The maximum absolute atomic E-state index is 12.6. The van der Waals surface area contributed by atoms with Crippen molar-refractivity contribution in [1.29, 1.82) is 0 Å². The molecule has 4 aromatic rings. The maximum Gasteiger partial charge on any atom is 0.267 e. The second kappa shape index (κ2) is 6.83. The number of benzene rings is 1. The Bertz CT molecular complexity index is 1130. The average molecular weight is 360 g/mol. The molecule has 8 heteroatoms. The van der Waals surface area contributed by atoms with E-state index in [2.05, 4.69) is 25.4 Å². The molecule has 0 spiro atoms. The Morgan fingerprint density at radius 3 is 2.67 bits per heavy atom. The smallest absolute Gasteiger partial charge is 0.267 e. The fourth-order valence-corrected chi connectivity index (χ4v) is 2.72. The molecule has 0 bridgehead atoms.